The fraction of sp³-hybridized carbons (Fsp3) is 0.294. The van der Waals surface area contributed by atoms with Gasteiger partial charge in [-0.1, -0.05) is 29.8 Å². The van der Waals surface area contributed by atoms with Crippen LogP contribution < -0.4 is 5.56 Å². The Morgan fingerprint density at radius 3 is 2.78 bits per heavy atom. The Morgan fingerprint density at radius 2 is 2.09 bits per heavy atom. The predicted molar refractivity (Wildman–Crippen MR) is 87.7 cm³/mol. The normalized spacial score (nSPS) is 21.2. The number of ether oxygens (including phenoxy) is 1. The molecule has 23 heavy (non-hydrogen) atoms. The van der Waals surface area contributed by atoms with Gasteiger partial charge in [0.2, 0.25) is 5.56 Å². The lowest BCUT2D eigenvalue weighted by Crippen LogP contribution is -2.48. The van der Waals surface area contributed by atoms with Gasteiger partial charge in [0.25, 0.3) is 5.91 Å². The minimum atomic E-state index is -0.258. The number of hydrogen-bond donors (Lipinski definition) is 1. The molecule has 1 aromatic heterocycles. The number of benzene rings is 1. The molecule has 6 heteroatoms. The Morgan fingerprint density at radius 1 is 1.30 bits per heavy atom. The SMILES string of the molecule is C[C@H]1CO[C@H](c2ccccc2Cl)CN1C(=O)c1ccc(=O)[nH]c1. The largest absolute Gasteiger partial charge is 0.369 e. The van der Waals surface area contributed by atoms with E-state index >= 15 is 0 Å². The van der Waals surface area contributed by atoms with E-state index in [2.05, 4.69) is 4.98 Å². The van der Waals surface area contributed by atoms with Crippen molar-refractivity contribution in [1.82, 2.24) is 9.88 Å². The van der Waals surface area contributed by atoms with E-state index in [1.54, 1.807) is 4.90 Å². The third-order valence-corrected chi connectivity index (χ3v) is 4.32. The maximum Gasteiger partial charge on any atom is 0.255 e. The van der Waals surface area contributed by atoms with Crippen LogP contribution in [0.2, 0.25) is 5.02 Å². The third kappa shape index (κ3) is 3.30. The van der Waals surface area contributed by atoms with E-state index in [-0.39, 0.29) is 23.6 Å². The van der Waals surface area contributed by atoms with Crippen molar-refractivity contribution in [2.75, 3.05) is 13.2 Å². The molecule has 1 saturated heterocycles. The van der Waals surface area contributed by atoms with E-state index in [0.29, 0.717) is 23.7 Å². The zero-order valence-electron chi connectivity index (χ0n) is 12.7. The summed E-state index contributed by atoms with van der Waals surface area (Å²) in [5.41, 5.74) is 1.10. The predicted octanol–water partition coefficient (Wildman–Crippen LogP) is 2.63. The monoisotopic (exact) mass is 332 g/mol. The molecule has 2 aromatic rings. The number of H-pyrrole nitrogens is 1. The van der Waals surface area contributed by atoms with Crippen LogP contribution in [0.5, 0.6) is 0 Å². The van der Waals surface area contributed by atoms with Crippen LogP contribution >= 0.6 is 11.6 Å². The van der Waals surface area contributed by atoms with Crippen LogP contribution in [-0.2, 0) is 4.74 Å². The van der Waals surface area contributed by atoms with E-state index in [9.17, 15) is 9.59 Å². The highest BCUT2D eigenvalue weighted by Crippen LogP contribution is 2.30. The summed E-state index contributed by atoms with van der Waals surface area (Å²) >= 11 is 6.23. The summed E-state index contributed by atoms with van der Waals surface area (Å²) in [6.45, 7) is 2.79. The first kappa shape index (κ1) is 15.8. The maximum absolute atomic E-state index is 12.7. The minimum absolute atomic E-state index is 0.0480. The molecular formula is C17H17ClN2O3. The Kier molecular flexibility index (Phi) is 4.50. The van der Waals surface area contributed by atoms with Crippen LogP contribution in [-0.4, -0.2) is 35.0 Å². The molecule has 2 heterocycles. The molecular weight excluding hydrogens is 316 g/mol. The van der Waals surface area contributed by atoms with Gasteiger partial charge < -0.3 is 14.6 Å². The van der Waals surface area contributed by atoms with E-state index in [0.717, 1.165) is 5.56 Å². The van der Waals surface area contributed by atoms with Gasteiger partial charge in [-0.25, -0.2) is 0 Å². The number of pyridine rings is 1. The number of aromatic amines is 1. The Hall–Kier alpha value is -2.11. The quantitative estimate of drug-likeness (QED) is 0.919. The number of nitrogens with zero attached hydrogens (tertiary/aromatic N) is 1. The molecule has 3 rings (SSSR count). The lowest BCUT2D eigenvalue weighted by atomic mass is 10.0. The number of nitrogens with one attached hydrogen (secondary N) is 1. The van der Waals surface area contributed by atoms with Crippen LogP contribution in [0.3, 0.4) is 0 Å². The highest BCUT2D eigenvalue weighted by molar-refractivity contribution is 6.31. The number of halogens is 1. The highest BCUT2D eigenvalue weighted by Gasteiger charge is 2.31. The average Bonchev–Trinajstić information content (AvgIpc) is 2.56. The van der Waals surface area contributed by atoms with Crippen LogP contribution in [0.25, 0.3) is 0 Å². The van der Waals surface area contributed by atoms with Crippen molar-refractivity contribution < 1.29 is 9.53 Å². The lowest BCUT2D eigenvalue weighted by Gasteiger charge is -2.38. The number of carbonyl (C=O) groups is 1. The second-order valence-corrected chi connectivity index (χ2v) is 6.00. The van der Waals surface area contributed by atoms with E-state index < -0.39 is 0 Å². The first-order valence-electron chi connectivity index (χ1n) is 7.42. The molecule has 1 amide bonds. The number of morpholine rings is 1. The van der Waals surface area contributed by atoms with Crippen LogP contribution in [0.1, 0.15) is 28.9 Å². The van der Waals surface area contributed by atoms with Crippen LogP contribution in [0.15, 0.2) is 47.4 Å². The zero-order chi connectivity index (χ0) is 16.4. The summed E-state index contributed by atoms with van der Waals surface area (Å²) in [5.74, 6) is -0.130. The molecule has 1 N–H and O–H groups in total. The lowest BCUT2D eigenvalue weighted by molar-refractivity contribution is -0.0486. The van der Waals surface area contributed by atoms with Gasteiger partial charge in [0.05, 0.1) is 24.8 Å². The second kappa shape index (κ2) is 6.56. The van der Waals surface area contributed by atoms with Gasteiger partial charge in [-0.15, -0.1) is 0 Å². The van der Waals surface area contributed by atoms with Crippen molar-refractivity contribution in [3.63, 3.8) is 0 Å². The summed E-state index contributed by atoms with van der Waals surface area (Å²) in [7, 11) is 0. The maximum atomic E-state index is 12.7. The first-order valence-corrected chi connectivity index (χ1v) is 7.80. The van der Waals surface area contributed by atoms with Crippen molar-refractivity contribution in [1.29, 1.82) is 0 Å². The first-order chi connectivity index (χ1) is 11.1. The van der Waals surface area contributed by atoms with Crippen molar-refractivity contribution in [3.8, 4) is 0 Å². The molecule has 120 valence electrons. The van der Waals surface area contributed by atoms with Gasteiger partial charge in [0, 0.05) is 22.8 Å². The van der Waals surface area contributed by atoms with Crippen molar-refractivity contribution in [3.05, 3.63) is 69.1 Å². The number of hydrogen-bond acceptors (Lipinski definition) is 3. The molecule has 1 fully saturated rings. The fourth-order valence-corrected chi connectivity index (χ4v) is 2.93. The van der Waals surface area contributed by atoms with E-state index in [1.165, 1.54) is 18.3 Å². The molecule has 1 aliphatic heterocycles. The Balaban J connectivity index is 1.83. The minimum Gasteiger partial charge on any atom is -0.369 e. The summed E-state index contributed by atoms with van der Waals surface area (Å²) in [5, 5.41) is 0.628. The van der Waals surface area contributed by atoms with Gasteiger partial charge in [-0.3, -0.25) is 9.59 Å². The van der Waals surface area contributed by atoms with Crippen LogP contribution in [0.4, 0.5) is 0 Å². The van der Waals surface area contributed by atoms with Gasteiger partial charge in [-0.2, -0.15) is 0 Å². The molecule has 1 aliphatic rings. The molecule has 0 bridgehead atoms. The third-order valence-electron chi connectivity index (χ3n) is 3.98. The summed E-state index contributed by atoms with van der Waals surface area (Å²) in [6.07, 6.45) is 1.18. The van der Waals surface area contributed by atoms with Gasteiger partial charge in [0.15, 0.2) is 0 Å². The topological polar surface area (TPSA) is 62.4 Å². The van der Waals surface area contributed by atoms with Gasteiger partial charge >= 0.3 is 0 Å². The number of rotatable bonds is 2. The summed E-state index contributed by atoms with van der Waals surface area (Å²) < 4.78 is 5.86. The molecule has 2 atom stereocenters. The van der Waals surface area contributed by atoms with Gasteiger partial charge in [0.1, 0.15) is 6.10 Å². The summed E-state index contributed by atoms with van der Waals surface area (Å²) in [4.78, 5) is 28.1. The smallest absolute Gasteiger partial charge is 0.255 e. The zero-order valence-corrected chi connectivity index (χ0v) is 13.4. The fourth-order valence-electron chi connectivity index (χ4n) is 2.67. The molecule has 0 unspecified atom stereocenters. The standard InChI is InChI=1S/C17H17ClN2O3/c1-11-10-23-15(13-4-2-3-5-14(13)18)9-20(11)17(22)12-6-7-16(21)19-8-12/h2-8,11,15H,9-10H2,1H3,(H,19,21)/t11-,15-/m0/s1. The average molecular weight is 333 g/mol. The van der Waals surface area contributed by atoms with Crippen molar-refractivity contribution in [2.45, 2.75) is 19.1 Å². The van der Waals surface area contributed by atoms with Crippen molar-refractivity contribution >= 4 is 17.5 Å². The molecule has 1 aromatic carbocycles. The number of aromatic nitrogens is 1. The van der Waals surface area contributed by atoms with E-state index in [4.69, 9.17) is 16.3 Å². The second-order valence-electron chi connectivity index (χ2n) is 5.59. The number of amides is 1. The molecule has 0 spiro atoms. The summed E-state index contributed by atoms with van der Waals surface area (Å²) in [6, 6.07) is 10.3. The number of carbonyl (C=O) groups excluding carboxylic acids is 1. The Labute approximate surface area is 138 Å². The molecule has 0 radical (unpaired) electrons. The highest BCUT2D eigenvalue weighted by atomic mass is 35.5. The van der Waals surface area contributed by atoms with E-state index in [1.807, 2.05) is 31.2 Å². The van der Waals surface area contributed by atoms with Crippen molar-refractivity contribution in [2.24, 2.45) is 0 Å². The van der Waals surface area contributed by atoms with Crippen LogP contribution in [0, 0.1) is 0 Å². The Bertz CT molecular complexity index is 754. The van der Waals surface area contributed by atoms with Gasteiger partial charge in [-0.05, 0) is 19.1 Å². The molecule has 0 aliphatic carbocycles. The molecule has 5 nitrogen and oxygen atoms in total. The molecule has 0 saturated carbocycles.